The first-order valence-corrected chi connectivity index (χ1v) is 6.83. The molecule has 0 spiro atoms. The topological polar surface area (TPSA) is 131 Å². The largest absolute Gasteiger partial charge is 0.451 e. The quantitative estimate of drug-likeness (QED) is 0.496. The van der Waals surface area contributed by atoms with Gasteiger partial charge in [-0.1, -0.05) is 0 Å². The van der Waals surface area contributed by atoms with Crippen molar-refractivity contribution in [2.75, 3.05) is 11.9 Å². The molecule has 0 aliphatic carbocycles. The summed E-state index contributed by atoms with van der Waals surface area (Å²) in [6.07, 6.45) is 7.83. The Morgan fingerprint density at radius 3 is 3.09 bits per heavy atom. The second-order valence-electron chi connectivity index (χ2n) is 4.74. The number of rotatable bonds is 5. The van der Waals surface area contributed by atoms with E-state index in [1.807, 2.05) is 0 Å². The normalized spacial score (nSPS) is 11.2. The van der Waals surface area contributed by atoms with Gasteiger partial charge in [-0.3, -0.25) is 9.78 Å². The van der Waals surface area contributed by atoms with Gasteiger partial charge in [-0.05, 0) is 0 Å². The van der Waals surface area contributed by atoms with Gasteiger partial charge < -0.3 is 14.8 Å². The van der Waals surface area contributed by atoms with Gasteiger partial charge >= 0.3 is 0 Å². The molecule has 10 nitrogen and oxygen atoms in total. The summed E-state index contributed by atoms with van der Waals surface area (Å²) in [4.78, 5) is 12.9. The Balaban J connectivity index is 1.74. The fraction of sp³-hybridized carbons (Fsp3) is 0.154. The van der Waals surface area contributed by atoms with Crippen LogP contribution in [-0.4, -0.2) is 46.6 Å². The third-order valence-corrected chi connectivity index (χ3v) is 3.19. The number of aliphatic hydroxyl groups is 1. The van der Waals surface area contributed by atoms with Crippen LogP contribution in [0.3, 0.4) is 0 Å². The Hall–Kier alpha value is -3.27. The Bertz CT molecular complexity index is 927. The molecule has 0 radical (unpaired) electrons. The number of hydrogen-bond acceptors (Lipinski definition) is 8. The van der Waals surface area contributed by atoms with Crippen LogP contribution >= 0.6 is 0 Å². The fourth-order valence-corrected chi connectivity index (χ4v) is 2.16. The van der Waals surface area contributed by atoms with Crippen molar-refractivity contribution in [2.24, 2.45) is 0 Å². The Morgan fingerprint density at radius 1 is 1.30 bits per heavy atom. The van der Waals surface area contributed by atoms with Crippen molar-refractivity contribution in [3.63, 3.8) is 0 Å². The minimum Gasteiger partial charge on any atom is -0.451 e. The lowest BCUT2D eigenvalue weighted by Gasteiger charge is -2.05. The molecule has 23 heavy (non-hydrogen) atoms. The molecule has 4 aromatic heterocycles. The van der Waals surface area contributed by atoms with E-state index < -0.39 is 0 Å². The van der Waals surface area contributed by atoms with Crippen LogP contribution in [0, 0.1) is 0 Å². The second-order valence-corrected chi connectivity index (χ2v) is 4.74. The van der Waals surface area contributed by atoms with E-state index in [1.54, 1.807) is 23.3 Å². The summed E-state index contributed by atoms with van der Waals surface area (Å²) in [5.41, 5.74) is 2.60. The Labute approximate surface area is 129 Å². The number of nitrogens with one attached hydrogen (secondary N) is 2. The van der Waals surface area contributed by atoms with Crippen molar-refractivity contribution >= 4 is 22.5 Å². The number of aromatic amines is 1. The highest BCUT2D eigenvalue weighted by Gasteiger charge is 2.13. The van der Waals surface area contributed by atoms with Crippen molar-refractivity contribution in [1.29, 1.82) is 0 Å². The lowest BCUT2D eigenvalue weighted by atomic mass is 10.3. The van der Waals surface area contributed by atoms with E-state index in [2.05, 4.69) is 35.6 Å². The van der Waals surface area contributed by atoms with Gasteiger partial charge in [0.25, 0.3) is 0 Å². The van der Waals surface area contributed by atoms with Crippen molar-refractivity contribution in [1.82, 2.24) is 34.9 Å². The summed E-state index contributed by atoms with van der Waals surface area (Å²) in [6.45, 7) is 0.449. The van der Waals surface area contributed by atoms with Gasteiger partial charge in [0.05, 0.1) is 31.2 Å². The zero-order chi connectivity index (χ0) is 15.6. The molecule has 4 aromatic rings. The molecule has 0 aliphatic heterocycles. The number of nitrogens with zero attached hydrogens (tertiary/aromatic N) is 6. The number of hydrogen-bond donors (Lipinski definition) is 3. The average Bonchev–Trinajstić information content (AvgIpc) is 3.29. The average molecular weight is 312 g/mol. The number of aliphatic hydroxyl groups excluding tert-OH is 1. The van der Waals surface area contributed by atoms with Crippen molar-refractivity contribution in [3.05, 3.63) is 31.2 Å². The third-order valence-electron chi connectivity index (χ3n) is 3.19. The van der Waals surface area contributed by atoms with E-state index in [0.717, 1.165) is 5.69 Å². The number of oxazole rings is 1. The maximum Gasteiger partial charge on any atom is 0.184 e. The van der Waals surface area contributed by atoms with Crippen molar-refractivity contribution < 1.29 is 9.52 Å². The number of aromatic nitrogens is 7. The standard InChI is InChI=1S/C13H12N8O2/c22-2-1-21-5-8(3-16-21)17-13-11-9(4-15-20-11)18-12(19-13)10-6-23-7-14-10/h3-7,22H,1-2H2,(H,15,20)(H,17,18,19). The van der Waals surface area contributed by atoms with Crippen LogP contribution in [-0.2, 0) is 6.54 Å². The highest BCUT2D eigenvalue weighted by molar-refractivity contribution is 5.88. The van der Waals surface area contributed by atoms with Crippen LogP contribution in [0.15, 0.2) is 35.7 Å². The molecular weight excluding hydrogens is 300 g/mol. The lowest BCUT2D eigenvalue weighted by molar-refractivity contribution is 0.269. The molecular formula is C13H12N8O2. The maximum atomic E-state index is 8.94. The number of anilines is 2. The summed E-state index contributed by atoms with van der Waals surface area (Å²) >= 11 is 0. The molecule has 4 rings (SSSR count). The predicted molar refractivity (Wildman–Crippen MR) is 79.8 cm³/mol. The minimum atomic E-state index is 0.0235. The van der Waals surface area contributed by atoms with E-state index in [9.17, 15) is 0 Å². The van der Waals surface area contributed by atoms with Gasteiger partial charge in [-0.25, -0.2) is 15.0 Å². The number of fused-ring (bicyclic) bond motifs is 1. The van der Waals surface area contributed by atoms with E-state index in [0.29, 0.717) is 34.9 Å². The predicted octanol–water partition coefficient (Wildman–Crippen LogP) is 0.940. The van der Waals surface area contributed by atoms with Gasteiger partial charge in [-0.15, -0.1) is 0 Å². The van der Waals surface area contributed by atoms with E-state index in [1.165, 1.54) is 12.7 Å². The first-order valence-electron chi connectivity index (χ1n) is 6.83. The van der Waals surface area contributed by atoms with Gasteiger partial charge in [0.2, 0.25) is 0 Å². The molecule has 0 fully saturated rings. The molecule has 3 N–H and O–H groups in total. The molecule has 116 valence electrons. The SMILES string of the molecule is OCCn1cc(Nc2nc(-c3cocn3)nc3cn[nH]c23)cn1. The van der Waals surface area contributed by atoms with Crippen LogP contribution in [0.2, 0.25) is 0 Å². The highest BCUT2D eigenvalue weighted by Crippen LogP contribution is 2.24. The Kier molecular flexibility index (Phi) is 3.20. The van der Waals surface area contributed by atoms with Gasteiger partial charge in [-0.2, -0.15) is 10.2 Å². The van der Waals surface area contributed by atoms with Crippen molar-refractivity contribution in [3.8, 4) is 11.5 Å². The van der Waals surface area contributed by atoms with Crippen LogP contribution in [0.5, 0.6) is 0 Å². The van der Waals surface area contributed by atoms with E-state index in [4.69, 9.17) is 9.52 Å². The summed E-state index contributed by atoms with van der Waals surface area (Å²) in [6, 6.07) is 0. The zero-order valence-corrected chi connectivity index (χ0v) is 11.8. The molecule has 0 saturated heterocycles. The first kappa shape index (κ1) is 13.4. The van der Waals surface area contributed by atoms with Crippen molar-refractivity contribution in [2.45, 2.75) is 6.54 Å². The molecule has 0 saturated carbocycles. The monoisotopic (exact) mass is 312 g/mol. The summed E-state index contributed by atoms with van der Waals surface area (Å²) in [7, 11) is 0. The third kappa shape index (κ3) is 2.51. The van der Waals surface area contributed by atoms with Crippen LogP contribution in [0.4, 0.5) is 11.5 Å². The van der Waals surface area contributed by atoms with Crippen LogP contribution < -0.4 is 5.32 Å². The molecule has 0 atom stereocenters. The molecule has 0 unspecified atom stereocenters. The van der Waals surface area contributed by atoms with Gasteiger partial charge in [0.15, 0.2) is 18.0 Å². The van der Waals surface area contributed by atoms with Gasteiger partial charge in [0, 0.05) is 6.20 Å². The van der Waals surface area contributed by atoms with E-state index in [-0.39, 0.29) is 6.61 Å². The summed E-state index contributed by atoms with van der Waals surface area (Å²) < 4.78 is 6.61. The van der Waals surface area contributed by atoms with E-state index >= 15 is 0 Å². The second kappa shape index (κ2) is 5.50. The molecule has 0 aromatic carbocycles. The highest BCUT2D eigenvalue weighted by atomic mass is 16.3. The smallest absolute Gasteiger partial charge is 0.184 e. The van der Waals surface area contributed by atoms with Crippen LogP contribution in [0.1, 0.15) is 0 Å². The molecule has 0 aliphatic rings. The number of H-pyrrole nitrogens is 1. The molecule has 0 amide bonds. The molecule has 0 bridgehead atoms. The molecule has 10 heteroatoms. The lowest BCUT2D eigenvalue weighted by Crippen LogP contribution is -2.02. The summed E-state index contributed by atoms with van der Waals surface area (Å²) in [5.74, 6) is 0.979. The summed E-state index contributed by atoms with van der Waals surface area (Å²) in [5, 5.41) is 23.1. The molecule has 4 heterocycles. The van der Waals surface area contributed by atoms with Crippen LogP contribution in [0.25, 0.3) is 22.6 Å². The maximum absolute atomic E-state index is 8.94. The first-order chi connectivity index (χ1) is 11.3. The zero-order valence-electron chi connectivity index (χ0n) is 11.8. The minimum absolute atomic E-state index is 0.0235. The van der Waals surface area contributed by atoms with Gasteiger partial charge in [0.1, 0.15) is 23.0 Å². The fourth-order valence-electron chi connectivity index (χ4n) is 2.16. The Morgan fingerprint density at radius 2 is 2.26 bits per heavy atom.